The lowest BCUT2D eigenvalue weighted by atomic mass is 9.95. The predicted molar refractivity (Wildman–Crippen MR) is 146 cm³/mol. The van der Waals surface area contributed by atoms with Crippen LogP contribution in [0.1, 0.15) is 76.3 Å². The van der Waals surface area contributed by atoms with Gasteiger partial charge in [0.05, 0.1) is 12.3 Å². The highest BCUT2D eigenvalue weighted by Gasteiger charge is 2.16. The first-order chi connectivity index (χ1) is 17.2. The van der Waals surface area contributed by atoms with E-state index in [9.17, 15) is 0 Å². The van der Waals surface area contributed by atoms with Crippen molar-refractivity contribution in [3.8, 4) is 0 Å². The molecule has 3 heterocycles. The van der Waals surface area contributed by atoms with Crippen molar-refractivity contribution < 1.29 is 0 Å². The van der Waals surface area contributed by atoms with Crippen LogP contribution in [0.15, 0.2) is 16.3 Å². The first-order valence-electron chi connectivity index (χ1n) is 13.9. The zero-order valence-electron chi connectivity index (χ0n) is 21.5. The molecule has 35 heavy (non-hydrogen) atoms. The average molecular weight is 484 g/mol. The number of aryl methyl sites for hydroxylation is 1. The highest BCUT2D eigenvalue weighted by molar-refractivity contribution is 6.08. The minimum absolute atomic E-state index is 0.473. The molecule has 4 rings (SSSR count). The smallest absolute Gasteiger partial charge is 0.225 e. The van der Waals surface area contributed by atoms with E-state index >= 15 is 0 Å². The quantitative estimate of drug-likeness (QED) is 0.258. The molecule has 1 saturated carbocycles. The van der Waals surface area contributed by atoms with Crippen molar-refractivity contribution in [3.63, 3.8) is 0 Å². The van der Waals surface area contributed by atoms with Gasteiger partial charge in [-0.3, -0.25) is 0 Å². The van der Waals surface area contributed by atoms with Crippen molar-refractivity contribution >= 4 is 23.2 Å². The van der Waals surface area contributed by atoms with Crippen LogP contribution in [0.4, 0.5) is 11.8 Å². The van der Waals surface area contributed by atoms with Crippen LogP contribution >= 0.6 is 0 Å². The van der Waals surface area contributed by atoms with Crippen LogP contribution in [0.25, 0.3) is 0 Å². The number of aromatic nitrogens is 2. The summed E-state index contributed by atoms with van der Waals surface area (Å²) in [5.74, 6) is 1.55. The summed E-state index contributed by atoms with van der Waals surface area (Å²) in [7, 11) is 0. The molecule has 3 aliphatic rings. The van der Waals surface area contributed by atoms with Gasteiger partial charge in [0.1, 0.15) is 5.82 Å². The van der Waals surface area contributed by atoms with Gasteiger partial charge in [0.25, 0.3) is 0 Å². The molecule has 0 radical (unpaired) electrons. The largest absolute Gasteiger partial charge is 0.367 e. The van der Waals surface area contributed by atoms with E-state index in [0.29, 0.717) is 18.5 Å². The standard InChI is InChI=1S/C26H45N9/c1-20-17-25(32-22-10-15-28-16-11-22)33-26(31-20)30-19-24-18-23(34-35-24)9-5-12-27-13-6-14-29-21-7-3-2-4-8-21/h17,21-22,27-29H,2-16,18-19H2,1H3,(H2,30,31,32,33). The number of nitrogens with one attached hydrogen (secondary N) is 5. The van der Waals surface area contributed by atoms with Gasteiger partial charge in [-0.1, -0.05) is 19.3 Å². The first kappa shape index (κ1) is 26.0. The number of nitrogens with zero attached hydrogens (tertiary/aromatic N) is 4. The van der Waals surface area contributed by atoms with Gasteiger partial charge in [-0.05, 0) is 84.6 Å². The third-order valence-electron chi connectivity index (χ3n) is 7.12. The topological polar surface area (TPSA) is 111 Å². The Kier molecular flexibility index (Phi) is 10.7. The van der Waals surface area contributed by atoms with E-state index in [2.05, 4.69) is 46.8 Å². The van der Waals surface area contributed by atoms with Gasteiger partial charge in [-0.2, -0.15) is 15.2 Å². The summed E-state index contributed by atoms with van der Waals surface area (Å²) >= 11 is 0. The first-order valence-corrected chi connectivity index (χ1v) is 13.9. The van der Waals surface area contributed by atoms with Crippen molar-refractivity contribution in [2.24, 2.45) is 10.2 Å². The second-order valence-electron chi connectivity index (χ2n) is 10.2. The fraction of sp³-hybridized carbons (Fsp3) is 0.769. The van der Waals surface area contributed by atoms with Crippen LogP contribution in [0, 0.1) is 6.92 Å². The van der Waals surface area contributed by atoms with E-state index < -0.39 is 0 Å². The molecule has 1 aliphatic carbocycles. The molecule has 1 saturated heterocycles. The Morgan fingerprint density at radius 2 is 1.69 bits per heavy atom. The summed E-state index contributed by atoms with van der Waals surface area (Å²) in [6.45, 7) is 8.02. The Morgan fingerprint density at radius 3 is 2.54 bits per heavy atom. The minimum Gasteiger partial charge on any atom is -0.367 e. The maximum absolute atomic E-state index is 4.67. The van der Waals surface area contributed by atoms with Crippen molar-refractivity contribution in [1.29, 1.82) is 0 Å². The lowest BCUT2D eigenvalue weighted by molar-refractivity contribution is 0.371. The van der Waals surface area contributed by atoms with Crippen molar-refractivity contribution in [1.82, 2.24) is 25.9 Å². The average Bonchev–Trinajstić information content (AvgIpc) is 3.33. The SMILES string of the molecule is Cc1cc(NC2CCNCC2)nc(NCC2=NN=C(CCCNCCCNC3CCCCC3)C2)n1. The Labute approximate surface area is 210 Å². The Hall–Kier alpha value is -2.10. The lowest BCUT2D eigenvalue weighted by Gasteiger charge is -2.24. The highest BCUT2D eigenvalue weighted by Crippen LogP contribution is 2.17. The molecule has 0 atom stereocenters. The van der Waals surface area contributed by atoms with Gasteiger partial charge < -0.3 is 26.6 Å². The van der Waals surface area contributed by atoms with E-state index in [4.69, 9.17) is 0 Å². The molecule has 1 aromatic heterocycles. The van der Waals surface area contributed by atoms with Crippen molar-refractivity contribution in [2.45, 2.75) is 89.6 Å². The van der Waals surface area contributed by atoms with E-state index in [1.165, 1.54) is 44.2 Å². The van der Waals surface area contributed by atoms with Crippen LogP contribution in [0.2, 0.25) is 0 Å². The zero-order valence-corrected chi connectivity index (χ0v) is 21.5. The molecule has 0 unspecified atom stereocenters. The molecular formula is C26H45N9. The Bertz CT molecular complexity index is 826. The van der Waals surface area contributed by atoms with Gasteiger partial charge >= 0.3 is 0 Å². The second kappa shape index (κ2) is 14.5. The maximum atomic E-state index is 4.67. The number of hydrogen-bond acceptors (Lipinski definition) is 9. The molecule has 5 N–H and O–H groups in total. The Balaban J connectivity index is 1.05. The van der Waals surface area contributed by atoms with Crippen molar-refractivity contribution in [3.05, 3.63) is 11.8 Å². The lowest BCUT2D eigenvalue weighted by Crippen LogP contribution is -2.35. The van der Waals surface area contributed by atoms with E-state index in [1.807, 2.05) is 13.0 Å². The molecule has 0 spiro atoms. The van der Waals surface area contributed by atoms with Crippen LogP contribution in [-0.2, 0) is 0 Å². The fourth-order valence-electron chi connectivity index (χ4n) is 5.13. The summed E-state index contributed by atoms with van der Waals surface area (Å²) in [6, 6.07) is 3.26. The number of hydrogen-bond donors (Lipinski definition) is 5. The van der Waals surface area contributed by atoms with Crippen LogP contribution in [0.5, 0.6) is 0 Å². The molecule has 0 amide bonds. The summed E-state index contributed by atoms with van der Waals surface area (Å²) in [5.41, 5.74) is 3.20. The van der Waals surface area contributed by atoms with Crippen LogP contribution < -0.4 is 26.6 Å². The molecule has 1 aromatic rings. The van der Waals surface area contributed by atoms with E-state index in [-0.39, 0.29) is 0 Å². The number of anilines is 2. The van der Waals surface area contributed by atoms with Crippen LogP contribution in [-0.4, -0.2) is 72.7 Å². The minimum atomic E-state index is 0.473. The van der Waals surface area contributed by atoms with E-state index in [1.54, 1.807) is 0 Å². The third-order valence-corrected chi connectivity index (χ3v) is 7.12. The van der Waals surface area contributed by atoms with Gasteiger partial charge in [-0.25, -0.2) is 4.98 Å². The van der Waals surface area contributed by atoms with Gasteiger partial charge in [0.2, 0.25) is 5.95 Å². The second-order valence-corrected chi connectivity index (χ2v) is 10.2. The number of rotatable bonds is 14. The summed E-state index contributed by atoms with van der Waals surface area (Å²) in [4.78, 5) is 9.21. The molecule has 2 aliphatic heterocycles. The van der Waals surface area contributed by atoms with Crippen molar-refractivity contribution in [2.75, 3.05) is 49.9 Å². The maximum Gasteiger partial charge on any atom is 0.225 e. The molecule has 0 bridgehead atoms. The van der Waals surface area contributed by atoms with E-state index in [0.717, 1.165) is 88.1 Å². The fourth-order valence-corrected chi connectivity index (χ4v) is 5.13. The summed E-state index contributed by atoms with van der Waals surface area (Å²) in [6.07, 6.45) is 13.4. The van der Waals surface area contributed by atoms with Crippen LogP contribution in [0.3, 0.4) is 0 Å². The van der Waals surface area contributed by atoms with Gasteiger partial charge in [-0.15, -0.1) is 0 Å². The number of piperidine rings is 1. The Morgan fingerprint density at radius 1 is 0.886 bits per heavy atom. The predicted octanol–water partition coefficient (Wildman–Crippen LogP) is 3.24. The zero-order chi connectivity index (χ0) is 24.1. The molecular weight excluding hydrogens is 438 g/mol. The normalized spacial score (nSPS) is 19.5. The summed E-state index contributed by atoms with van der Waals surface area (Å²) < 4.78 is 0. The molecule has 2 fully saturated rings. The summed E-state index contributed by atoms with van der Waals surface area (Å²) in [5, 5.41) is 26.4. The highest BCUT2D eigenvalue weighted by atomic mass is 15.2. The van der Waals surface area contributed by atoms with Gasteiger partial charge in [0, 0.05) is 36.0 Å². The molecule has 9 heteroatoms. The third kappa shape index (κ3) is 9.46. The molecule has 194 valence electrons. The molecule has 0 aromatic carbocycles. The molecule has 9 nitrogen and oxygen atoms in total. The monoisotopic (exact) mass is 483 g/mol. The van der Waals surface area contributed by atoms with Gasteiger partial charge in [0.15, 0.2) is 0 Å².